The number of aryl methyl sites for hydroxylation is 1. The molecule has 5 nitrogen and oxygen atoms in total. The summed E-state index contributed by atoms with van der Waals surface area (Å²) in [6.45, 7) is 8.20. The lowest BCUT2D eigenvalue weighted by atomic mass is 9.98. The molecule has 4 rings (SSSR count). The highest BCUT2D eigenvalue weighted by atomic mass is 16.6. The summed E-state index contributed by atoms with van der Waals surface area (Å²) in [5, 5.41) is 5.15. The van der Waals surface area contributed by atoms with E-state index in [-0.39, 0.29) is 6.09 Å². The standard InChI is InChI=1S/C25H27N3O2/c1-16-8-9-21-20(14-16)22-19(11-13-26-23(22)28-21)18-7-5-6-17(15-18)10-12-27-24(29)30-25(2,3)4/h5-9,11,13-15H,10,12H2,1-4H3,(H,26,28)(H,27,29). The Morgan fingerprint density at radius 1 is 1.13 bits per heavy atom. The van der Waals surface area contributed by atoms with Gasteiger partial charge in [0.25, 0.3) is 0 Å². The van der Waals surface area contributed by atoms with Gasteiger partial charge in [0.15, 0.2) is 0 Å². The van der Waals surface area contributed by atoms with Crippen molar-refractivity contribution >= 4 is 28.0 Å². The molecular weight excluding hydrogens is 374 g/mol. The van der Waals surface area contributed by atoms with Gasteiger partial charge in [0, 0.05) is 29.0 Å². The quantitative estimate of drug-likeness (QED) is 0.457. The average Bonchev–Trinajstić information content (AvgIpc) is 3.05. The largest absolute Gasteiger partial charge is 0.444 e. The third-order valence-electron chi connectivity index (χ3n) is 4.97. The number of pyridine rings is 1. The number of nitrogens with one attached hydrogen (secondary N) is 2. The van der Waals surface area contributed by atoms with E-state index >= 15 is 0 Å². The van der Waals surface area contributed by atoms with Gasteiger partial charge in [0.1, 0.15) is 11.2 Å². The first-order valence-corrected chi connectivity index (χ1v) is 10.2. The Bertz CT molecular complexity index is 1220. The molecule has 154 valence electrons. The molecule has 0 atom stereocenters. The Balaban J connectivity index is 1.60. The number of hydrogen-bond acceptors (Lipinski definition) is 3. The molecule has 0 saturated heterocycles. The van der Waals surface area contributed by atoms with Crippen molar-refractivity contribution in [3.63, 3.8) is 0 Å². The fourth-order valence-electron chi connectivity index (χ4n) is 3.69. The first-order chi connectivity index (χ1) is 14.3. The molecule has 4 aromatic rings. The number of H-pyrrole nitrogens is 1. The second-order valence-electron chi connectivity index (χ2n) is 8.64. The van der Waals surface area contributed by atoms with Gasteiger partial charge >= 0.3 is 6.09 Å². The zero-order valence-electron chi connectivity index (χ0n) is 17.9. The van der Waals surface area contributed by atoms with Crippen LogP contribution < -0.4 is 5.32 Å². The summed E-state index contributed by atoms with van der Waals surface area (Å²) >= 11 is 0. The molecule has 0 aliphatic heterocycles. The van der Waals surface area contributed by atoms with Gasteiger partial charge in [-0.2, -0.15) is 0 Å². The minimum absolute atomic E-state index is 0.386. The molecular formula is C25H27N3O2. The Kier molecular flexibility index (Phi) is 5.20. The van der Waals surface area contributed by atoms with Crippen LogP contribution in [0.25, 0.3) is 33.1 Å². The van der Waals surface area contributed by atoms with E-state index in [4.69, 9.17) is 4.74 Å². The van der Waals surface area contributed by atoms with Crippen LogP contribution in [0.5, 0.6) is 0 Å². The smallest absolute Gasteiger partial charge is 0.407 e. The van der Waals surface area contributed by atoms with Crippen LogP contribution in [0.3, 0.4) is 0 Å². The van der Waals surface area contributed by atoms with Gasteiger partial charge in [-0.15, -0.1) is 0 Å². The number of ether oxygens (including phenoxy) is 1. The predicted octanol–water partition coefficient (Wildman–Crippen LogP) is 5.76. The first kappa shape index (κ1) is 20.0. The van der Waals surface area contributed by atoms with E-state index in [9.17, 15) is 4.79 Å². The van der Waals surface area contributed by atoms with E-state index in [0.717, 1.165) is 39.7 Å². The third-order valence-corrected chi connectivity index (χ3v) is 4.97. The van der Waals surface area contributed by atoms with Crippen molar-refractivity contribution in [3.05, 3.63) is 65.9 Å². The average molecular weight is 402 g/mol. The number of fused-ring (bicyclic) bond motifs is 3. The Morgan fingerprint density at radius 3 is 2.77 bits per heavy atom. The summed E-state index contributed by atoms with van der Waals surface area (Å²) in [4.78, 5) is 19.8. The van der Waals surface area contributed by atoms with Gasteiger partial charge in [-0.05, 0) is 69.0 Å². The van der Waals surface area contributed by atoms with Crippen molar-refractivity contribution in [2.45, 2.75) is 39.7 Å². The molecule has 0 spiro atoms. The number of rotatable bonds is 4. The molecule has 30 heavy (non-hydrogen) atoms. The predicted molar refractivity (Wildman–Crippen MR) is 122 cm³/mol. The fraction of sp³-hybridized carbons (Fsp3) is 0.280. The number of alkyl carbamates (subject to hydrolysis) is 1. The van der Waals surface area contributed by atoms with Crippen LogP contribution in [-0.4, -0.2) is 28.2 Å². The summed E-state index contributed by atoms with van der Waals surface area (Å²) in [5.74, 6) is 0. The zero-order chi connectivity index (χ0) is 21.3. The normalized spacial score (nSPS) is 11.7. The monoisotopic (exact) mass is 401 g/mol. The van der Waals surface area contributed by atoms with E-state index in [0.29, 0.717) is 6.54 Å². The molecule has 0 aliphatic rings. The number of carbonyl (C=O) groups is 1. The molecule has 5 heteroatoms. The lowest BCUT2D eigenvalue weighted by Gasteiger charge is -2.19. The summed E-state index contributed by atoms with van der Waals surface area (Å²) in [6.07, 6.45) is 2.19. The second-order valence-corrected chi connectivity index (χ2v) is 8.64. The van der Waals surface area contributed by atoms with Crippen LogP contribution in [0.15, 0.2) is 54.7 Å². The Hall–Kier alpha value is -3.34. The van der Waals surface area contributed by atoms with Crippen LogP contribution in [-0.2, 0) is 11.2 Å². The van der Waals surface area contributed by atoms with E-state index in [1.165, 1.54) is 10.9 Å². The van der Waals surface area contributed by atoms with Crippen LogP contribution >= 0.6 is 0 Å². The number of carbonyl (C=O) groups excluding carboxylic acids is 1. The molecule has 1 amide bonds. The summed E-state index contributed by atoms with van der Waals surface area (Å²) < 4.78 is 5.30. The first-order valence-electron chi connectivity index (χ1n) is 10.2. The van der Waals surface area contributed by atoms with Crippen molar-refractivity contribution in [1.29, 1.82) is 0 Å². The molecule has 2 heterocycles. The third kappa shape index (κ3) is 4.30. The lowest BCUT2D eigenvalue weighted by Crippen LogP contribution is -2.33. The molecule has 0 aliphatic carbocycles. The molecule has 0 radical (unpaired) electrons. The number of aromatic amines is 1. The van der Waals surface area contributed by atoms with Crippen molar-refractivity contribution < 1.29 is 9.53 Å². The SMILES string of the molecule is Cc1ccc2[nH]c3nccc(-c4cccc(CCNC(=O)OC(C)(C)C)c4)c3c2c1. The minimum Gasteiger partial charge on any atom is -0.444 e. The lowest BCUT2D eigenvalue weighted by molar-refractivity contribution is 0.0528. The highest BCUT2D eigenvalue weighted by molar-refractivity contribution is 6.13. The highest BCUT2D eigenvalue weighted by Gasteiger charge is 2.16. The summed E-state index contributed by atoms with van der Waals surface area (Å²) in [5.41, 5.74) is 6.16. The summed E-state index contributed by atoms with van der Waals surface area (Å²) in [6, 6.07) is 16.9. The van der Waals surface area contributed by atoms with Gasteiger partial charge < -0.3 is 15.0 Å². The maximum absolute atomic E-state index is 11.9. The van der Waals surface area contributed by atoms with Crippen molar-refractivity contribution in [3.8, 4) is 11.1 Å². The maximum Gasteiger partial charge on any atom is 0.407 e. The van der Waals surface area contributed by atoms with E-state index in [1.54, 1.807) is 0 Å². The molecule has 2 aromatic heterocycles. The molecule has 0 unspecified atom stereocenters. The van der Waals surface area contributed by atoms with Crippen molar-refractivity contribution in [2.24, 2.45) is 0 Å². The van der Waals surface area contributed by atoms with Crippen LogP contribution in [0.2, 0.25) is 0 Å². The minimum atomic E-state index is -0.492. The van der Waals surface area contributed by atoms with E-state index in [1.807, 2.05) is 27.0 Å². The maximum atomic E-state index is 11.9. The van der Waals surface area contributed by atoms with Crippen LogP contribution in [0, 0.1) is 6.92 Å². The van der Waals surface area contributed by atoms with E-state index < -0.39 is 5.60 Å². The Morgan fingerprint density at radius 2 is 1.97 bits per heavy atom. The van der Waals surface area contributed by atoms with Crippen LogP contribution in [0.1, 0.15) is 31.9 Å². The van der Waals surface area contributed by atoms with Gasteiger partial charge in [0.05, 0.1) is 0 Å². The highest BCUT2D eigenvalue weighted by Crippen LogP contribution is 2.34. The summed E-state index contributed by atoms with van der Waals surface area (Å²) in [7, 11) is 0. The number of amides is 1. The molecule has 2 N–H and O–H groups in total. The van der Waals surface area contributed by atoms with Gasteiger partial charge in [-0.1, -0.05) is 35.9 Å². The van der Waals surface area contributed by atoms with E-state index in [2.05, 4.69) is 70.7 Å². The van der Waals surface area contributed by atoms with Crippen molar-refractivity contribution in [2.75, 3.05) is 6.54 Å². The van der Waals surface area contributed by atoms with Crippen molar-refractivity contribution in [1.82, 2.24) is 15.3 Å². The number of aromatic nitrogens is 2. The van der Waals surface area contributed by atoms with Gasteiger partial charge in [0.2, 0.25) is 0 Å². The molecule has 0 fully saturated rings. The number of benzene rings is 2. The molecule has 0 bridgehead atoms. The Labute approximate surface area is 176 Å². The molecule has 0 saturated carbocycles. The number of nitrogens with zero attached hydrogens (tertiary/aromatic N) is 1. The topological polar surface area (TPSA) is 67.0 Å². The number of hydrogen-bond donors (Lipinski definition) is 2. The zero-order valence-corrected chi connectivity index (χ0v) is 17.9. The van der Waals surface area contributed by atoms with Crippen LogP contribution in [0.4, 0.5) is 4.79 Å². The van der Waals surface area contributed by atoms with Gasteiger partial charge in [-0.25, -0.2) is 9.78 Å². The second kappa shape index (κ2) is 7.82. The fourth-order valence-corrected chi connectivity index (χ4v) is 3.69. The van der Waals surface area contributed by atoms with Gasteiger partial charge in [-0.3, -0.25) is 0 Å². The molecule has 2 aromatic carbocycles.